The number of hydrogen-bond acceptors (Lipinski definition) is 3. The molecule has 1 atom stereocenters. The quantitative estimate of drug-likeness (QED) is 0.821. The number of amides is 1. The smallest absolute Gasteiger partial charge is 0.236 e. The molecule has 1 N–H and O–H groups in total. The molecule has 0 unspecified atom stereocenters. The van der Waals surface area contributed by atoms with E-state index in [1.54, 1.807) is 6.07 Å². The lowest BCUT2D eigenvalue weighted by atomic mass is 10.1. The lowest BCUT2D eigenvalue weighted by Gasteiger charge is -2.35. The van der Waals surface area contributed by atoms with Crippen molar-refractivity contribution in [3.8, 4) is 0 Å². The minimum Gasteiger partial charge on any atom is -0.339 e. The molecule has 1 saturated heterocycles. The number of rotatable bonds is 6. The molecule has 6 heteroatoms. The van der Waals surface area contributed by atoms with Gasteiger partial charge in [-0.15, -0.1) is 0 Å². The number of hydrogen-bond donors (Lipinski definition) is 1. The van der Waals surface area contributed by atoms with Crippen molar-refractivity contribution in [1.29, 1.82) is 0 Å². The highest BCUT2D eigenvalue weighted by Crippen LogP contribution is 2.22. The molecule has 0 aliphatic carbocycles. The summed E-state index contributed by atoms with van der Waals surface area (Å²) in [5, 5.41) is 3.96. The first-order valence-corrected chi connectivity index (χ1v) is 9.63. The molecule has 1 amide bonds. The predicted molar refractivity (Wildman–Crippen MR) is 106 cm³/mol. The van der Waals surface area contributed by atoms with Gasteiger partial charge in [0, 0.05) is 49.4 Å². The topological polar surface area (TPSA) is 35.6 Å². The molecule has 0 spiro atoms. The Balaban J connectivity index is 1.45. The summed E-state index contributed by atoms with van der Waals surface area (Å²) < 4.78 is 13.8. The van der Waals surface area contributed by atoms with Gasteiger partial charge in [-0.05, 0) is 24.6 Å². The van der Waals surface area contributed by atoms with Crippen molar-refractivity contribution < 1.29 is 9.18 Å². The zero-order valence-corrected chi connectivity index (χ0v) is 16.3. The van der Waals surface area contributed by atoms with E-state index in [-0.39, 0.29) is 24.3 Å². The molecule has 0 bridgehead atoms. The average molecular weight is 390 g/mol. The molecule has 4 nitrogen and oxygen atoms in total. The summed E-state index contributed by atoms with van der Waals surface area (Å²) >= 11 is 6.21. The summed E-state index contributed by atoms with van der Waals surface area (Å²) in [7, 11) is 0. The predicted octanol–water partition coefficient (Wildman–Crippen LogP) is 3.47. The van der Waals surface area contributed by atoms with Crippen LogP contribution >= 0.6 is 11.6 Å². The second-order valence-electron chi connectivity index (χ2n) is 6.87. The molecular weight excluding hydrogens is 365 g/mol. The van der Waals surface area contributed by atoms with E-state index >= 15 is 0 Å². The Morgan fingerprint density at radius 2 is 1.78 bits per heavy atom. The van der Waals surface area contributed by atoms with Crippen molar-refractivity contribution in [2.75, 3.05) is 32.7 Å². The SMILES string of the molecule is C[C@H](NCC(=O)N1CCN(Cc2ccccc2F)CC1)c1ccccc1Cl. The van der Waals surface area contributed by atoms with E-state index in [4.69, 9.17) is 11.6 Å². The average Bonchev–Trinajstić information content (AvgIpc) is 2.68. The van der Waals surface area contributed by atoms with Crippen LogP contribution in [-0.4, -0.2) is 48.4 Å². The van der Waals surface area contributed by atoms with E-state index in [0.717, 1.165) is 18.7 Å². The van der Waals surface area contributed by atoms with E-state index in [0.29, 0.717) is 30.2 Å². The van der Waals surface area contributed by atoms with Crippen LogP contribution in [0.5, 0.6) is 0 Å². The van der Waals surface area contributed by atoms with E-state index < -0.39 is 0 Å². The molecule has 27 heavy (non-hydrogen) atoms. The van der Waals surface area contributed by atoms with Crippen molar-refractivity contribution in [3.63, 3.8) is 0 Å². The number of piperazine rings is 1. The van der Waals surface area contributed by atoms with Gasteiger partial charge in [0.05, 0.1) is 6.54 Å². The van der Waals surface area contributed by atoms with Crippen LogP contribution in [0.1, 0.15) is 24.1 Å². The summed E-state index contributed by atoms with van der Waals surface area (Å²) in [6, 6.07) is 14.5. The Morgan fingerprint density at radius 1 is 1.11 bits per heavy atom. The molecule has 1 aliphatic rings. The zero-order valence-electron chi connectivity index (χ0n) is 15.5. The molecule has 3 rings (SSSR count). The largest absolute Gasteiger partial charge is 0.339 e. The van der Waals surface area contributed by atoms with Gasteiger partial charge in [0.25, 0.3) is 0 Å². The normalized spacial score (nSPS) is 16.3. The number of nitrogens with one attached hydrogen (secondary N) is 1. The molecule has 1 heterocycles. The molecule has 2 aromatic carbocycles. The maximum atomic E-state index is 13.8. The third-order valence-corrected chi connectivity index (χ3v) is 5.35. The highest BCUT2D eigenvalue weighted by molar-refractivity contribution is 6.31. The van der Waals surface area contributed by atoms with E-state index in [1.165, 1.54) is 6.07 Å². The van der Waals surface area contributed by atoms with Gasteiger partial charge in [0.15, 0.2) is 0 Å². The van der Waals surface area contributed by atoms with Crippen LogP contribution < -0.4 is 5.32 Å². The minimum absolute atomic E-state index is 0.00462. The molecule has 2 aromatic rings. The summed E-state index contributed by atoms with van der Waals surface area (Å²) in [6.07, 6.45) is 0. The van der Waals surface area contributed by atoms with Crippen LogP contribution in [0.4, 0.5) is 4.39 Å². The maximum Gasteiger partial charge on any atom is 0.236 e. The van der Waals surface area contributed by atoms with Crippen molar-refractivity contribution >= 4 is 17.5 Å². The first-order chi connectivity index (χ1) is 13.0. The molecule has 144 valence electrons. The van der Waals surface area contributed by atoms with E-state index in [2.05, 4.69) is 10.2 Å². The van der Waals surface area contributed by atoms with Crippen LogP contribution in [-0.2, 0) is 11.3 Å². The summed E-state index contributed by atoms with van der Waals surface area (Å²) in [5.41, 5.74) is 1.69. The van der Waals surface area contributed by atoms with Crippen molar-refractivity contribution in [2.45, 2.75) is 19.5 Å². The molecule has 1 fully saturated rings. The third kappa shape index (κ3) is 5.28. The van der Waals surface area contributed by atoms with Crippen molar-refractivity contribution in [3.05, 3.63) is 70.5 Å². The second kappa shape index (κ2) is 9.31. The number of carbonyl (C=O) groups is 1. The highest BCUT2D eigenvalue weighted by atomic mass is 35.5. The Labute approximate surface area is 164 Å². The van der Waals surface area contributed by atoms with Crippen LogP contribution in [0.25, 0.3) is 0 Å². The number of halogens is 2. The molecular formula is C21H25ClFN3O. The number of nitrogens with zero attached hydrogens (tertiary/aromatic N) is 2. The van der Waals surface area contributed by atoms with Crippen LogP contribution in [0.15, 0.2) is 48.5 Å². The fourth-order valence-corrected chi connectivity index (χ4v) is 3.61. The maximum absolute atomic E-state index is 13.8. The minimum atomic E-state index is -0.172. The third-order valence-electron chi connectivity index (χ3n) is 5.01. The van der Waals surface area contributed by atoms with Gasteiger partial charge in [-0.25, -0.2) is 4.39 Å². The highest BCUT2D eigenvalue weighted by Gasteiger charge is 2.22. The standard InChI is InChI=1S/C21H25ClFN3O/c1-16(18-7-3-4-8-19(18)22)24-14-21(27)26-12-10-25(11-13-26)15-17-6-2-5-9-20(17)23/h2-9,16,24H,10-15H2,1H3/t16-/m0/s1. The monoisotopic (exact) mass is 389 g/mol. The molecule has 0 radical (unpaired) electrons. The van der Waals surface area contributed by atoms with Gasteiger partial charge in [0.1, 0.15) is 5.82 Å². The van der Waals surface area contributed by atoms with Gasteiger partial charge in [-0.2, -0.15) is 0 Å². The van der Waals surface area contributed by atoms with Gasteiger partial charge in [-0.3, -0.25) is 9.69 Å². The van der Waals surface area contributed by atoms with Crippen LogP contribution in [0.3, 0.4) is 0 Å². The summed E-state index contributed by atoms with van der Waals surface area (Å²) in [4.78, 5) is 16.5. The van der Waals surface area contributed by atoms with Crippen LogP contribution in [0.2, 0.25) is 5.02 Å². The number of benzene rings is 2. The zero-order chi connectivity index (χ0) is 19.2. The molecule has 1 aliphatic heterocycles. The Bertz CT molecular complexity index is 778. The lowest BCUT2D eigenvalue weighted by molar-refractivity contribution is -0.132. The van der Waals surface area contributed by atoms with Crippen molar-refractivity contribution in [1.82, 2.24) is 15.1 Å². The first-order valence-electron chi connectivity index (χ1n) is 9.26. The van der Waals surface area contributed by atoms with Gasteiger partial charge in [0.2, 0.25) is 5.91 Å². The fourth-order valence-electron chi connectivity index (χ4n) is 3.31. The van der Waals surface area contributed by atoms with E-state index in [1.807, 2.05) is 48.2 Å². The Hall–Kier alpha value is -1.95. The van der Waals surface area contributed by atoms with Crippen LogP contribution in [0, 0.1) is 5.82 Å². The fraction of sp³-hybridized carbons (Fsp3) is 0.381. The van der Waals surface area contributed by atoms with Crippen molar-refractivity contribution in [2.24, 2.45) is 0 Å². The lowest BCUT2D eigenvalue weighted by Crippen LogP contribution is -2.50. The second-order valence-corrected chi connectivity index (χ2v) is 7.28. The van der Waals surface area contributed by atoms with E-state index in [9.17, 15) is 9.18 Å². The Morgan fingerprint density at radius 3 is 2.48 bits per heavy atom. The first kappa shape index (κ1) is 19.8. The van der Waals surface area contributed by atoms with Gasteiger partial charge < -0.3 is 10.2 Å². The van der Waals surface area contributed by atoms with Gasteiger partial charge in [-0.1, -0.05) is 48.0 Å². The molecule has 0 saturated carbocycles. The summed E-state index contributed by atoms with van der Waals surface area (Å²) in [6.45, 7) is 5.68. The summed E-state index contributed by atoms with van der Waals surface area (Å²) in [5.74, 6) is -0.0896. The van der Waals surface area contributed by atoms with Gasteiger partial charge >= 0.3 is 0 Å². The number of carbonyl (C=O) groups excluding carboxylic acids is 1. The Kier molecular flexibility index (Phi) is 6.83. The molecule has 0 aromatic heterocycles.